The molecule has 1 amide bonds. The maximum atomic E-state index is 12.1. The van der Waals surface area contributed by atoms with E-state index in [9.17, 15) is 4.79 Å². The molecule has 0 aromatic carbocycles. The number of hydrogen-bond acceptors (Lipinski definition) is 4. The highest BCUT2D eigenvalue weighted by Crippen LogP contribution is 2.14. The number of amides is 1. The fourth-order valence-electron chi connectivity index (χ4n) is 2.58. The lowest BCUT2D eigenvalue weighted by Crippen LogP contribution is -2.34. The quantitative estimate of drug-likeness (QED) is 0.816. The summed E-state index contributed by atoms with van der Waals surface area (Å²) in [6.07, 6.45) is 3.60. The van der Waals surface area contributed by atoms with Gasteiger partial charge in [-0.3, -0.25) is 9.69 Å². The summed E-state index contributed by atoms with van der Waals surface area (Å²) in [7, 11) is 0. The molecule has 1 fully saturated rings. The van der Waals surface area contributed by atoms with Gasteiger partial charge in [-0.05, 0) is 37.3 Å². The van der Waals surface area contributed by atoms with Crippen molar-refractivity contribution in [2.45, 2.75) is 32.2 Å². The molecule has 4 nitrogen and oxygen atoms in total. The lowest BCUT2D eigenvalue weighted by atomic mass is 10.2. The van der Waals surface area contributed by atoms with Gasteiger partial charge in [0.15, 0.2) is 0 Å². The van der Waals surface area contributed by atoms with Crippen LogP contribution in [0.1, 0.15) is 30.6 Å². The second-order valence-corrected chi connectivity index (χ2v) is 6.37. The van der Waals surface area contributed by atoms with Crippen molar-refractivity contribution in [1.29, 1.82) is 0 Å². The lowest BCUT2D eigenvalue weighted by Gasteiger charge is -2.21. The SMILES string of the molecule is NCCCCC(=O)N1CCCN(Cc2cccs2)CC1. The van der Waals surface area contributed by atoms with E-state index in [1.807, 2.05) is 16.2 Å². The van der Waals surface area contributed by atoms with Crippen LogP contribution in [0, 0.1) is 0 Å². The number of nitrogens with zero attached hydrogens (tertiary/aromatic N) is 2. The van der Waals surface area contributed by atoms with Crippen LogP contribution in [0.5, 0.6) is 0 Å². The predicted molar refractivity (Wildman–Crippen MR) is 83.7 cm³/mol. The van der Waals surface area contributed by atoms with Gasteiger partial charge in [-0.1, -0.05) is 6.07 Å². The van der Waals surface area contributed by atoms with Gasteiger partial charge >= 0.3 is 0 Å². The summed E-state index contributed by atoms with van der Waals surface area (Å²) in [5, 5.41) is 2.13. The number of thiophene rings is 1. The fourth-order valence-corrected chi connectivity index (χ4v) is 3.33. The normalized spacial score (nSPS) is 17.1. The van der Waals surface area contributed by atoms with Crippen LogP contribution < -0.4 is 5.73 Å². The minimum absolute atomic E-state index is 0.302. The van der Waals surface area contributed by atoms with Crippen LogP contribution in [0.15, 0.2) is 17.5 Å². The Bertz CT molecular complexity index is 394. The van der Waals surface area contributed by atoms with Crippen molar-refractivity contribution in [3.05, 3.63) is 22.4 Å². The van der Waals surface area contributed by atoms with E-state index >= 15 is 0 Å². The topological polar surface area (TPSA) is 49.6 Å². The molecule has 0 unspecified atom stereocenters. The van der Waals surface area contributed by atoms with E-state index in [-0.39, 0.29) is 0 Å². The molecule has 1 aromatic heterocycles. The van der Waals surface area contributed by atoms with E-state index in [0.717, 1.165) is 52.0 Å². The van der Waals surface area contributed by atoms with Gasteiger partial charge in [-0.15, -0.1) is 11.3 Å². The minimum atomic E-state index is 0.302. The van der Waals surface area contributed by atoms with Crippen molar-refractivity contribution in [2.24, 2.45) is 5.73 Å². The van der Waals surface area contributed by atoms with E-state index in [1.54, 1.807) is 0 Å². The van der Waals surface area contributed by atoms with Crippen LogP contribution in [0.2, 0.25) is 0 Å². The highest BCUT2D eigenvalue weighted by Gasteiger charge is 2.18. The summed E-state index contributed by atoms with van der Waals surface area (Å²) in [5.74, 6) is 0.302. The number of rotatable bonds is 6. The molecule has 1 aliphatic heterocycles. The smallest absolute Gasteiger partial charge is 0.222 e. The van der Waals surface area contributed by atoms with Crippen molar-refractivity contribution in [2.75, 3.05) is 32.7 Å². The molecule has 1 aliphatic rings. The highest BCUT2D eigenvalue weighted by molar-refractivity contribution is 7.09. The van der Waals surface area contributed by atoms with Gasteiger partial charge in [-0.25, -0.2) is 0 Å². The van der Waals surface area contributed by atoms with Gasteiger partial charge in [0.1, 0.15) is 0 Å². The monoisotopic (exact) mass is 295 g/mol. The van der Waals surface area contributed by atoms with E-state index in [1.165, 1.54) is 4.88 Å². The largest absolute Gasteiger partial charge is 0.341 e. The Labute approximate surface area is 125 Å². The molecule has 0 spiro atoms. The summed E-state index contributed by atoms with van der Waals surface area (Å²) in [5.41, 5.74) is 5.47. The zero-order chi connectivity index (χ0) is 14.2. The minimum Gasteiger partial charge on any atom is -0.341 e. The molecule has 20 heavy (non-hydrogen) atoms. The molecule has 0 aliphatic carbocycles. The lowest BCUT2D eigenvalue weighted by molar-refractivity contribution is -0.131. The molecule has 0 atom stereocenters. The van der Waals surface area contributed by atoms with Crippen molar-refractivity contribution in [3.8, 4) is 0 Å². The van der Waals surface area contributed by atoms with Gasteiger partial charge in [0, 0.05) is 44.0 Å². The molecule has 0 bridgehead atoms. The van der Waals surface area contributed by atoms with Crippen LogP contribution in [-0.2, 0) is 11.3 Å². The summed E-state index contributed by atoms with van der Waals surface area (Å²) in [6, 6.07) is 4.29. The fraction of sp³-hybridized carbons (Fsp3) is 0.667. The number of nitrogens with two attached hydrogens (primary N) is 1. The first kappa shape index (κ1) is 15.5. The molecule has 112 valence electrons. The predicted octanol–water partition coefficient (Wildman–Crippen LogP) is 1.91. The van der Waals surface area contributed by atoms with Crippen molar-refractivity contribution in [3.63, 3.8) is 0 Å². The standard InChI is InChI=1S/C15H25N3OS/c16-7-2-1-6-15(19)18-9-4-8-17(10-11-18)13-14-5-3-12-20-14/h3,5,12H,1-2,4,6-11,13,16H2. The molecule has 1 saturated heterocycles. The van der Waals surface area contributed by atoms with Crippen LogP contribution in [0.25, 0.3) is 0 Å². The Morgan fingerprint density at radius 1 is 1.25 bits per heavy atom. The molecule has 1 aromatic rings. The summed E-state index contributed by atoms with van der Waals surface area (Å²) in [4.78, 5) is 18.0. The Kier molecular flexibility index (Phi) is 6.50. The van der Waals surface area contributed by atoms with Crippen LogP contribution in [0.4, 0.5) is 0 Å². The second-order valence-electron chi connectivity index (χ2n) is 5.34. The van der Waals surface area contributed by atoms with Gasteiger partial charge in [0.25, 0.3) is 0 Å². The third-order valence-electron chi connectivity index (χ3n) is 3.75. The molecule has 2 rings (SSSR count). The van der Waals surface area contributed by atoms with E-state index < -0.39 is 0 Å². The number of carbonyl (C=O) groups excluding carboxylic acids is 1. The summed E-state index contributed by atoms with van der Waals surface area (Å²) >= 11 is 1.81. The Morgan fingerprint density at radius 3 is 2.90 bits per heavy atom. The summed E-state index contributed by atoms with van der Waals surface area (Å²) in [6.45, 7) is 5.55. The van der Waals surface area contributed by atoms with Crippen LogP contribution in [0.3, 0.4) is 0 Å². The maximum absolute atomic E-state index is 12.1. The van der Waals surface area contributed by atoms with E-state index in [4.69, 9.17) is 5.73 Å². The van der Waals surface area contributed by atoms with Crippen molar-refractivity contribution < 1.29 is 4.79 Å². The average molecular weight is 295 g/mol. The second kappa shape index (κ2) is 8.39. The van der Waals surface area contributed by atoms with Crippen molar-refractivity contribution >= 4 is 17.2 Å². The van der Waals surface area contributed by atoms with Crippen molar-refractivity contribution in [1.82, 2.24) is 9.80 Å². The first-order chi connectivity index (χ1) is 9.79. The van der Waals surface area contributed by atoms with Gasteiger partial charge < -0.3 is 10.6 Å². The molecule has 0 radical (unpaired) electrons. The molecule has 5 heteroatoms. The Balaban J connectivity index is 1.75. The molecule has 2 N–H and O–H groups in total. The average Bonchev–Trinajstić information content (AvgIpc) is 2.84. The van der Waals surface area contributed by atoms with Gasteiger partial charge in [0.2, 0.25) is 5.91 Å². The highest BCUT2D eigenvalue weighted by atomic mass is 32.1. The first-order valence-corrected chi connectivity index (χ1v) is 8.40. The zero-order valence-corrected chi connectivity index (χ0v) is 12.9. The molecule has 2 heterocycles. The van der Waals surface area contributed by atoms with Gasteiger partial charge in [-0.2, -0.15) is 0 Å². The third kappa shape index (κ3) is 4.89. The zero-order valence-electron chi connectivity index (χ0n) is 12.1. The maximum Gasteiger partial charge on any atom is 0.222 e. The summed E-state index contributed by atoms with van der Waals surface area (Å²) < 4.78 is 0. The number of carbonyl (C=O) groups is 1. The van der Waals surface area contributed by atoms with Crippen LogP contribution >= 0.6 is 11.3 Å². The number of hydrogen-bond donors (Lipinski definition) is 1. The van der Waals surface area contributed by atoms with Crippen LogP contribution in [-0.4, -0.2) is 48.4 Å². The first-order valence-electron chi connectivity index (χ1n) is 7.52. The number of unbranched alkanes of at least 4 members (excludes halogenated alkanes) is 1. The Morgan fingerprint density at radius 2 is 2.15 bits per heavy atom. The Hall–Kier alpha value is -0.910. The van der Waals surface area contributed by atoms with E-state index in [2.05, 4.69) is 22.4 Å². The molecule has 0 saturated carbocycles. The molecular weight excluding hydrogens is 270 g/mol. The van der Waals surface area contributed by atoms with E-state index in [0.29, 0.717) is 18.9 Å². The van der Waals surface area contributed by atoms with Gasteiger partial charge in [0.05, 0.1) is 0 Å². The molecular formula is C15H25N3OS. The third-order valence-corrected chi connectivity index (χ3v) is 4.61.